The Bertz CT molecular complexity index is 492. The first kappa shape index (κ1) is 12.4. The minimum Gasteiger partial charge on any atom is -0.360 e. The molecule has 1 heterocycles. The molecule has 1 unspecified atom stereocenters. The maximum atomic E-state index is 12.8. The van der Waals surface area contributed by atoms with Gasteiger partial charge in [-0.2, -0.15) is 13.2 Å². The first-order chi connectivity index (χ1) is 7.75. The monoisotopic (exact) mass is 358 g/mol. The van der Waals surface area contributed by atoms with E-state index in [4.69, 9.17) is 0 Å². The van der Waals surface area contributed by atoms with Gasteiger partial charge in [-0.25, -0.2) is 4.79 Å². The van der Waals surface area contributed by atoms with Crippen molar-refractivity contribution in [2.45, 2.75) is 11.9 Å². The minimum absolute atomic E-state index is 0.0309. The molecule has 17 heavy (non-hydrogen) atoms. The third-order valence-electron chi connectivity index (χ3n) is 2.35. The van der Waals surface area contributed by atoms with Crippen LogP contribution in [0.5, 0.6) is 0 Å². The van der Waals surface area contributed by atoms with Crippen molar-refractivity contribution in [1.29, 1.82) is 0 Å². The van der Waals surface area contributed by atoms with Crippen LogP contribution in [0.2, 0.25) is 0 Å². The van der Waals surface area contributed by atoms with Crippen LogP contribution in [0.4, 0.5) is 23.7 Å². The van der Waals surface area contributed by atoms with Crippen LogP contribution in [0.25, 0.3) is 0 Å². The minimum atomic E-state index is -5.00. The number of carbonyl (C=O) groups is 1. The first-order valence-corrected chi connectivity index (χ1v) is 5.51. The SMILES string of the molecule is O=C1Nc2c(I)cccc2C(O)(C(F)(F)F)N1. The maximum absolute atomic E-state index is 12.8. The van der Waals surface area contributed by atoms with Gasteiger partial charge in [-0.3, -0.25) is 5.32 Å². The molecule has 1 aliphatic heterocycles. The Kier molecular flexibility index (Phi) is 2.73. The molecule has 0 saturated heterocycles. The van der Waals surface area contributed by atoms with E-state index in [1.807, 2.05) is 0 Å². The Balaban J connectivity index is 2.68. The number of rotatable bonds is 0. The summed E-state index contributed by atoms with van der Waals surface area (Å²) >= 11 is 1.78. The van der Waals surface area contributed by atoms with Crippen molar-refractivity contribution < 1.29 is 23.1 Å². The van der Waals surface area contributed by atoms with Crippen molar-refractivity contribution in [1.82, 2.24) is 5.32 Å². The van der Waals surface area contributed by atoms with Gasteiger partial charge in [-0.05, 0) is 28.7 Å². The van der Waals surface area contributed by atoms with Crippen LogP contribution >= 0.6 is 22.6 Å². The number of alkyl halides is 3. The quantitative estimate of drug-likeness (QED) is 0.623. The highest BCUT2D eigenvalue weighted by Gasteiger charge is 2.59. The Labute approximate surface area is 107 Å². The number of nitrogens with one attached hydrogen (secondary N) is 2. The molecule has 3 N–H and O–H groups in total. The maximum Gasteiger partial charge on any atom is 0.441 e. The van der Waals surface area contributed by atoms with Crippen molar-refractivity contribution in [3.05, 3.63) is 27.3 Å². The standard InChI is InChI=1S/C9H6F3IN2O2/c10-9(11,12)8(17)4-2-1-3-5(13)6(4)14-7(16)15-8/h1-3,17H,(H2,14,15,16). The van der Waals surface area contributed by atoms with Crippen molar-refractivity contribution >= 4 is 34.3 Å². The van der Waals surface area contributed by atoms with E-state index in [2.05, 4.69) is 5.32 Å². The fourth-order valence-electron chi connectivity index (χ4n) is 1.55. The number of amides is 2. The molecular formula is C9H6F3IN2O2. The van der Waals surface area contributed by atoms with E-state index in [0.29, 0.717) is 3.57 Å². The van der Waals surface area contributed by atoms with Gasteiger partial charge in [0.15, 0.2) is 0 Å². The number of carbonyl (C=O) groups excluding carboxylic acids is 1. The Morgan fingerprint density at radius 3 is 2.59 bits per heavy atom. The molecule has 0 radical (unpaired) electrons. The van der Waals surface area contributed by atoms with Crippen LogP contribution < -0.4 is 10.6 Å². The Hall–Kier alpha value is -1.03. The zero-order valence-electron chi connectivity index (χ0n) is 8.10. The molecule has 0 saturated carbocycles. The molecule has 1 aromatic rings. The van der Waals surface area contributed by atoms with Gasteiger partial charge in [0, 0.05) is 9.13 Å². The van der Waals surface area contributed by atoms with Crippen molar-refractivity contribution in [2.24, 2.45) is 0 Å². The van der Waals surface area contributed by atoms with Crippen molar-refractivity contribution in [2.75, 3.05) is 5.32 Å². The summed E-state index contributed by atoms with van der Waals surface area (Å²) in [6.07, 6.45) is -5.00. The molecule has 1 aliphatic rings. The predicted molar refractivity (Wildman–Crippen MR) is 61.3 cm³/mol. The van der Waals surface area contributed by atoms with Crippen molar-refractivity contribution in [3.63, 3.8) is 0 Å². The second-order valence-electron chi connectivity index (χ2n) is 3.45. The number of halogens is 4. The van der Waals surface area contributed by atoms with Gasteiger partial charge >= 0.3 is 12.2 Å². The van der Waals surface area contributed by atoms with E-state index >= 15 is 0 Å². The van der Waals surface area contributed by atoms with E-state index < -0.39 is 23.5 Å². The summed E-state index contributed by atoms with van der Waals surface area (Å²) in [5.74, 6) is 0. The number of para-hydroxylation sites is 1. The van der Waals surface area contributed by atoms with Crippen LogP contribution in [0.3, 0.4) is 0 Å². The smallest absolute Gasteiger partial charge is 0.360 e. The Morgan fingerprint density at radius 1 is 1.35 bits per heavy atom. The van der Waals surface area contributed by atoms with Crippen LogP contribution in [0.1, 0.15) is 5.56 Å². The van der Waals surface area contributed by atoms with Crippen LogP contribution in [-0.2, 0) is 5.72 Å². The zero-order chi connectivity index (χ0) is 12.8. The molecular weight excluding hydrogens is 352 g/mol. The molecule has 2 amide bonds. The fraction of sp³-hybridized carbons (Fsp3) is 0.222. The molecule has 1 aromatic carbocycles. The first-order valence-electron chi connectivity index (χ1n) is 4.43. The third-order valence-corrected chi connectivity index (χ3v) is 3.25. The summed E-state index contributed by atoms with van der Waals surface area (Å²) in [6.45, 7) is 0. The average Bonchev–Trinajstić information content (AvgIpc) is 2.18. The summed E-state index contributed by atoms with van der Waals surface area (Å²) in [4.78, 5) is 11.2. The normalized spacial score (nSPS) is 23.7. The predicted octanol–water partition coefficient (Wildman–Crippen LogP) is 2.13. The molecule has 1 atom stereocenters. The number of benzene rings is 1. The van der Waals surface area contributed by atoms with Crippen LogP contribution in [-0.4, -0.2) is 17.3 Å². The number of hydrogen-bond donors (Lipinski definition) is 3. The van der Waals surface area contributed by atoms with E-state index in [9.17, 15) is 23.1 Å². The molecule has 92 valence electrons. The lowest BCUT2D eigenvalue weighted by Crippen LogP contribution is -2.60. The van der Waals surface area contributed by atoms with Crippen molar-refractivity contribution in [3.8, 4) is 0 Å². The summed E-state index contributed by atoms with van der Waals surface area (Å²) in [5.41, 5.74) is -3.81. The van der Waals surface area contributed by atoms with E-state index in [1.165, 1.54) is 17.4 Å². The highest BCUT2D eigenvalue weighted by atomic mass is 127. The summed E-state index contributed by atoms with van der Waals surface area (Å²) in [5, 5.41) is 13.4. The van der Waals surface area contributed by atoms with Crippen LogP contribution in [0.15, 0.2) is 18.2 Å². The Morgan fingerprint density at radius 2 is 2.00 bits per heavy atom. The third kappa shape index (κ3) is 1.84. The van der Waals surface area contributed by atoms with Gasteiger partial charge in [0.05, 0.1) is 5.69 Å². The van der Waals surface area contributed by atoms with Gasteiger partial charge < -0.3 is 10.4 Å². The van der Waals surface area contributed by atoms with Crippen LogP contribution in [0, 0.1) is 3.57 Å². The van der Waals surface area contributed by atoms with Gasteiger partial charge in [0.2, 0.25) is 0 Å². The number of fused-ring (bicyclic) bond motifs is 1. The number of anilines is 1. The number of aliphatic hydroxyl groups is 1. The van der Waals surface area contributed by atoms with E-state index in [-0.39, 0.29) is 5.69 Å². The highest BCUT2D eigenvalue weighted by molar-refractivity contribution is 14.1. The number of hydrogen-bond acceptors (Lipinski definition) is 2. The lowest BCUT2D eigenvalue weighted by Gasteiger charge is -2.36. The molecule has 0 aromatic heterocycles. The number of urea groups is 1. The zero-order valence-corrected chi connectivity index (χ0v) is 10.3. The topological polar surface area (TPSA) is 61.4 Å². The lowest BCUT2D eigenvalue weighted by atomic mass is 9.98. The summed E-state index contributed by atoms with van der Waals surface area (Å²) in [7, 11) is 0. The lowest BCUT2D eigenvalue weighted by molar-refractivity contribution is -0.274. The van der Waals surface area contributed by atoms with Gasteiger partial charge in [0.1, 0.15) is 0 Å². The average molecular weight is 358 g/mol. The molecule has 0 bridgehead atoms. The second-order valence-corrected chi connectivity index (χ2v) is 4.61. The van der Waals surface area contributed by atoms with Gasteiger partial charge in [0.25, 0.3) is 5.72 Å². The van der Waals surface area contributed by atoms with E-state index in [0.717, 1.165) is 6.07 Å². The van der Waals surface area contributed by atoms with E-state index in [1.54, 1.807) is 22.6 Å². The molecule has 0 aliphatic carbocycles. The highest BCUT2D eigenvalue weighted by Crippen LogP contribution is 2.43. The molecule has 0 fully saturated rings. The second kappa shape index (κ2) is 3.73. The largest absolute Gasteiger partial charge is 0.441 e. The van der Waals surface area contributed by atoms with Gasteiger partial charge in [-0.15, -0.1) is 0 Å². The molecule has 4 nitrogen and oxygen atoms in total. The summed E-state index contributed by atoms with van der Waals surface area (Å²) < 4.78 is 38.9. The summed E-state index contributed by atoms with van der Waals surface area (Å²) in [6, 6.07) is 2.91. The fourth-order valence-corrected chi connectivity index (χ4v) is 2.19. The molecule has 8 heteroatoms. The van der Waals surface area contributed by atoms with Gasteiger partial charge in [-0.1, -0.05) is 12.1 Å². The molecule has 0 spiro atoms. The molecule has 2 rings (SSSR count).